The van der Waals surface area contributed by atoms with Gasteiger partial charge in [0.25, 0.3) is 5.69 Å². The van der Waals surface area contributed by atoms with Crippen molar-refractivity contribution in [1.29, 1.82) is 0 Å². The fraction of sp³-hybridized carbons (Fsp3) is 0. The Hall–Kier alpha value is -2.43. The first kappa shape index (κ1) is 11.1. The summed E-state index contributed by atoms with van der Waals surface area (Å²) < 4.78 is 18.2. The summed E-state index contributed by atoms with van der Waals surface area (Å²) in [7, 11) is 0. The van der Waals surface area contributed by atoms with Gasteiger partial charge in [-0.3, -0.25) is 10.1 Å². The van der Waals surface area contributed by atoms with Crippen LogP contribution in [-0.2, 0) is 0 Å². The van der Waals surface area contributed by atoms with E-state index in [1.54, 1.807) is 6.07 Å². The van der Waals surface area contributed by atoms with Crippen molar-refractivity contribution >= 4 is 5.69 Å². The van der Waals surface area contributed by atoms with E-state index >= 15 is 0 Å². The lowest BCUT2D eigenvalue weighted by Gasteiger charge is -2.04. The van der Waals surface area contributed by atoms with E-state index in [4.69, 9.17) is 4.74 Å². The molecule has 0 heterocycles. The molecule has 2 aromatic rings. The van der Waals surface area contributed by atoms with Crippen LogP contribution in [0.25, 0.3) is 0 Å². The lowest BCUT2D eigenvalue weighted by molar-refractivity contribution is -0.384. The van der Waals surface area contributed by atoms with Gasteiger partial charge in [0.15, 0.2) is 0 Å². The van der Waals surface area contributed by atoms with Crippen LogP contribution in [0.5, 0.6) is 11.5 Å². The Morgan fingerprint density at radius 3 is 2.35 bits per heavy atom. The summed E-state index contributed by atoms with van der Waals surface area (Å²) in [6.45, 7) is 0. The maximum absolute atomic E-state index is 12.9. The Kier molecular flexibility index (Phi) is 3.00. The Balaban J connectivity index is 2.16. The molecule has 0 amide bonds. The van der Waals surface area contributed by atoms with E-state index in [1.807, 2.05) is 0 Å². The van der Waals surface area contributed by atoms with Crippen LogP contribution in [0.4, 0.5) is 10.1 Å². The highest BCUT2D eigenvalue weighted by atomic mass is 19.1. The number of halogens is 1. The zero-order valence-electron chi connectivity index (χ0n) is 8.67. The van der Waals surface area contributed by atoms with Crippen molar-refractivity contribution < 1.29 is 14.1 Å². The molecular weight excluding hydrogens is 225 g/mol. The minimum Gasteiger partial charge on any atom is -0.457 e. The number of nitrogens with zero attached hydrogens (tertiary/aromatic N) is 1. The van der Waals surface area contributed by atoms with Gasteiger partial charge in [-0.2, -0.15) is 0 Å². The monoisotopic (exact) mass is 233 g/mol. The van der Waals surface area contributed by atoms with Gasteiger partial charge in [0.2, 0.25) is 0 Å². The van der Waals surface area contributed by atoms with Gasteiger partial charge in [-0.25, -0.2) is 4.39 Å². The third-order valence-corrected chi connectivity index (χ3v) is 2.08. The molecule has 0 aromatic heterocycles. The number of hydrogen-bond donors (Lipinski definition) is 0. The molecule has 2 aromatic carbocycles. The molecule has 0 fully saturated rings. The fourth-order valence-electron chi connectivity index (χ4n) is 1.30. The molecule has 0 aliphatic carbocycles. The van der Waals surface area contributed by atoms with Crippen LogP contribution in [0.3, 0.4) is 0 Å². The van der Waals surface area contributed by atoms with Crippen molar-refractivity contribution in [3.05, 3.63) is 64.5 Å². The highest BCUT2D eigenvalue weighted by Gasteiger charge is 2.05. The van der Waals surface area contributed by atoms with Crippen molar-refractivity contribution in [2.24, 2.45) is 0 Å². The van der Waals surface area contributed by atoms with Gasteiger partial charge < -0.3 is 4.74 Å². The van der Waals surface area contributed by atoms with Crippen LogP contribution in [0.15, 0.2) is 48.5 Å². The highest BCUT2D eigenvalue weighted by Crippen LogP contribution is 2.23. The maximum Gasteiger partial charge on any atom is 0.269 e. The smallest absolute Gasteiger partial charge is 0.269 e. The quantitative estimate of drug-likeness (QED) is 0.602. The van der Waals surface area contributed by atoms with Crippen LogP contribution < -0.4 is 4.74 Å². The summed E-state index contributed by atoms with van der Waals surface area (Å²) in [5, 5.41) is 10.4. The lowest BCUT2D eigenvalue weighted by atomic mass is 10.3. The lowest BCUT2D eigenvalue weighted by Crippen LogP contribution is -1.88. The van der Waals surface area contributed by atoms with Crippen molar-refractivity contribution in [2.45, 2.75) is 0 Å². The number of rotatable bonds is 3. The number of non-ortho nitro benzene ring substituents is 1. The van der Waals surface area contributed by atoms with E-state index < -0.39 is 10.7 Å². The van der Waals surface area contributed by atoms with Crippen LogP contribution in [0.1, 0.15) is 0 Å². The second-order valence-electron chi connectivity index (χ2n) is 3.31. The molecule has 0 atom stereocenters. The topological polar surface area (TPSA) is 52.4 Å². The third-order valence-electron chi connectivity index (χ3n) is 2.08. The van der Waals surface area contributed by atoms with Crippen molar-refractivity contribution in [1.82, 2.24) is 0 Å². The van der Waals surface area contributed by atoms with Crippen molar-refractivity contribution in [2.75, 3.05) is 0 Å². The van der Waals surface area contributed by atoms with Crippen LogP contribution >= 0.6 is 0 Å². The predicted molar refractivity (Wildman–Crippen MR) is 59.6 cm³/mol. The van der Waals surface area contributed by atoms with Gasteiger partial charge in [-0.1, -0.05) is 6.07 Å². The molecule has 0 saturated carbocycles. The van der Waals surface area contributed by atoms with E-state index in [0.29, 0.717) is 11.5 Å². The highest BCUT2D eigenvalue weighted by molar-refractivity contribution is 5.38. The van der Waals surface area contributed by atoms with Crippen LogP contribution in [0.2, 0.25) is 0 Å². The van der Waals surface area contributed by atoms with Crippen LogP contribution in [-0.4, -0.2) is 4.92 Å². The number of hydrogen-bond acceptors (Lipinski definition) is 3. The minimum absolute atomic E-state index is 0.0170. The van der Waals surface area contributed by atoms with E-state index in [9.17, 15) is 14.5 Å². The molecule has 0 radical (unpaired) electrons. The standard InChI is InChI=1S/C12H8FNO3/c13-9-2-1-3-12(8-9)17-11-6-4-10(5-7-11)14(15)16/h1-8H. The van der Waals surface area contributed by atoms with E-state index in [-0.39, 0.29) is 5.69 Å². The summed E-state index contributed by atoms with van der Waals surface area (Å²) in [5.74, 6) is 0.365. The molecule has 0 aliphatic rings. The molecule has 0 N–H and O–H groups in total. The maximum atomic E-state index is 12.9. The zero-order valence-corrected chi connectivity index (χ0v) is 8.67. The summed E-state index contributed by atoms with van der Waals surface area (Å²) in [6.07, 6.45) is 0. The zero-order chi connectivity index (χ0) is 12.3. The van der Waals surface area contributed by atoms with E-state index in [0.717, 1.165) is 0 Å². The summed E-state index contributed by atoms with van der Waals surface area (Å²) in [4.78, 5) is 9.94. The summed E-state index contributed by atoms with van der Waals surface area (Å²) >= 11 is 0. The molecule has 86 valence electrons. The molecule has 4 nitrogen and oxygen atoms in total. The number of nitro groups is 1. The first-order valence-electron chi connectivity index (χ1n) is 4.83. The average Bonchev–Trinajstić information content (AvgIpc) is 2.29. The Morgan fingerprint density at radius 1 is 1.06 bits per heavy atom. The second kappa shape index (κ2) is 4.61. The van der Waals surface area contributed by atoms with Gasteiger partial charge in [0.1, 0.15) is 17.3 Å². The number of benzene rings is 2. The average molecular weight is 233 g/mol. The first-order valence-corrected chi connectivity index (χ1v) is 4.83. The SMILES string of the molecule is O=[N+]([O-])c1ccc(Oc2cccc(F)c2)cc1. The third kappa shape index (κ3) is 2.78. The van der Waals surface area contributed by atoms with Gasteiger partial charge in [-0.05, 0) is 24.3 Å². The van der Waals surface area contributed by atoms with Crippen molar-refractivity contribution in [3.63, 3.8) is 0 Å². The Labute approximate surface area is 96.4 Å². The largest absolute Gasteiger partial charge is 0.457 e. The van der Waals surface area contributed by atoms with Gasteiger partial charge >= 0.3 is 0 Å². The normalized spacial score (nSPS) is 9.94. The molecule has 0 aliphatic heterocycles. The molecule has 5 heteroatoms. The molecule has 0 bridgehead atoms. The summed E-state index contributed by atoms with van der Waals surface area (Å²) in [6, 6.07) is 11.2. The first-order chi connectivity index (χ1) is 8.15. The molecular formula is C12H8FNO3. The Morgan fingerprint density at radius 2 is 1.76 bits per heavy atom. The minimum atomic E-state index is -0.494. The summed E-state index contributed by atoms with van der Waals surface area (Å²) in [5.41, 5.74) is -0.0170. The second-order valence-corrected chi connectivity index (χ2v) is 3.31. The van der Waals surface area contributed by atoms with Gasteiger partial charge in [0.05, 0.1) is 4.92 Å². The molecule has 0 saturated heterocycles. The van der Waals surface area contributed by atoms with E-state index in [1.165, 1.54) is 42.5 Å². The van der Waals surface area contributed by atoms with Gasteiger partial charge in [0, 0.05) is 18.2 Å². The number of ether oxygens (including phenoxy) is 1. The number of nitro benzene ring substituents is 1. The molecule has 0 unspecified atom stereocenters. The molecule has 0 spiro atoms. The fourth-order valence-corrected chi connectivity index (χ4v) is 1.30. The van der Waals surface area contributed by atoms with Gasteiger partial charge in [-0.15, -0.1) is 0 Å². The van der Waals surface area contributed by atoms with Crippen molar-refractivity contribution in [3.8, 4) is 11.5 Å². The Bertz CT molecular complexity index is 540. The molecule has 17 heavy (non-hydrogen) atoms. The van der Waals surface area contributed by atoms with Crippen LogP contribution in [0, 0.1) is 15.9 Å². The molecule has 2 rings (SSSR count). The predicted octanol–water partition coefficient (Wildman–Crippen LogP) is 3.53. The van der Waals surface area contributed by atoms with E-state index in [2.05, 4.69) is 0 Å².